The molecule has 34 heavy (non-hydrogen) atoms. The summed E-state index contributed by atoms with van der Waals surface area (Å²) < 4.78 is 10.9. The van der Waals surface area contributed by atoms with Gasteiger partial charge in [-0.05, 0) is 43.6 Å². The Labute approximate surface area is 199 Å². The minimum absolute atomic E-state index is 0.0476. The van der Waals surface area contributed by atoms with Crippen molar-refractivity contribution in [3.8, 4) is 11.4 Å². The molecule has 3 heterocycles. The van der Waals surface area contributed by atoms with Crippen molar-refractivity contribution in [2.24, 2.45) is 5.92 Å². The molecule has 0 unspecified atom stereocenters. The third kappa shape index (κ3) is 5.63. The highest BCUT2D eigenvalue weighted by Gasteiger charge is 2.26. The predicted molar refractivity (Wildman–Crippen MR) is 129 cm³/mol. The molecule has 2 aliphatic rings. The molecule has 0 radical (unpaired) electrons. The zero-order chi connectivity index (χ0) is 23.2. The van der Waals surface area contributed by atoms with Gasteiger partial charge in [-0.2, -0.15) is 4.98 Å². The standard InChI is InChI=1S/C26H31N5O3/c32-26(27-18-20-6-8-23(9-7-20)31-14-16-33-17-15-31)22-10-12-30(13-11-22)19-24-28-25(29-34-24)21-4-2-1-3-5-21/h1-9,22H,10-19H2,(H,27,32). The van der Waals surface area contributed by atoms with Crippen molar-refractivity contribution in [2.75, 3.05) is 44.3 Å². The number of anilines is 1. The number of hydrogen-bond donors (Lipinski definition) is 1. The molecule has 0 atom stereocenters. The molecular weight excluding hydrogens is 430 g/mol. The first-order valence-electron chi connectivity index (χ1n) is 12.0. The maximum Gasteiger partial charge on any atom is 0.241 e. The number of carbonyl (C=O) groups excluding carboxylic acids is 1. The number of piperidine rings is 1. The van der Waals surface area contributed by atoms with Gasteiger partial charge < -0.3 is 19.5 Å². The highest BCUT2D eigenvalue weighted by Crippen LogP contribution is 2.21. The fourth-order valence-corrected chi connectivity index (χ4v) is 4.55. The third-order valence-corrected chi connectivity index (χ3v) is 6.60. The Morgan fingerprint density at radius 3 is 2.44 bits per heavy atom. The Balaban J connectivity index is 1.05. The molecule has 1 N–H and O–H groups in total. The van der Waals surface area contributed by atoms with E-state index in [0.29, 0.717) is 24.8 Å². The summed E-state index contributed by atoms with van der Waals surface area (Å²) in [6, 6.07) is 18.3. The van der Waals surface area contributed by atoms with E-state index in [9.17, 15) is 4.79 Å². The average molecular weight is 462 g/mol. The Kier molecular flexibility index (Phi) is 7.16. The molecule has 0 aliphatic carbocycles. The summed E-state index contributed by atoms with van der Waals surface area (Å²) in [6.07, 6.45) is 1.67. The maximum atomic E-state index is 12.7. The lowest BCUT2D eigenvalue weighted by atomic mass is 9.96. The zero-order valence-corrected chi connectivity index (χ0v) is 19.4. The molecule has 8 heteroatoms. The lowest BCUT2D eigenvalue weighted by Gasteiger charge is -2.30. The first-order chi connectivity index (χ1) is 16.7. The van der Waals surface area contributed by atoms with E-state index in [0.717, 1.165) is 63.4 Å². The third-order valence-electron chi connectivity index (χ3n) is 6.60. The summed E-state index contributed by atoms with van der Waals surface area (Å²) in [7, 11) is 0. The second kappa shape index (κ2) is 10.8. The fraction of sp³-hybridized carbons (Fsp3) is 0.423. The van der Waals surface area contributed by atoms with Crippen LogP contribution in [0.25, 0.3) is 11.4 Å². The summed E-state index contributed by atoms with van der Waals surface area (Å²) in [5, 5.41) is 7.22. The SMILES string of the molecule is O=C(NCc1ccc(N2CCOCC2)cc1)C1CCN(Cc2nc(-c3ccccc3)no2)CC1. The van der Waals surface area contributed by atoms with Crippen LogP contribution in [0.2, 0.25) is 0 Å². The van der Waals surface area contributed by atoms with Gasteiger partial charge in [0.25, 0.3) is 0 Å². The van der Waals surface area contributed by atoms with Crippen molar-refractivity contribution >= 4 is 11.6 Å². The number of morpholine rings is 1. The Morgan fingerprint density at radius 1 is 0.971 bits per heavy atom. The van der Waals surface area contributed by atoms with Crippen molar-refractivity contribution in [3.63, 3.8) is 0 Å². The van der Waals surface area contributed by atoms with Crippen LogP contribution in [0, 0.1) is 5.92 Å². The van der Waals surface area contributed by atoms with Crippen LogP contribution in [0.3, 0.4) is 0 Å². The first kappa shape index (κ1) is 22.6. The van der Waals surface area contributed by atoms with Gasteiger partial charge in [0.1, 0.15) is 0 Å². The van der Waals surface area contributed by atoms with E-state index in [1.807, 2.05) is 30.3 Å². The monoisotopic (exact) mass is 461 g/mol. The Bertz CT molecular complexity index is 1060. The average Bonchev–Trinajstić information content (AvgIpc) is 3.37. The van der Waals surface area contributed by atoms with Gasteiger partial charge in [-0.3, -0.25) is 9.69 Å². The van der Waals surface area contributed by atoms with Crippen molar-refractivity contribution in [1.29, 1.82) is 0 Å². The van der Waals surface area contributed by atoms with Crippen LogP contribution >= 0.6 is 0 Å². The quantitative estimate of drug-likeness (QED) is 0.579. The molecular formula is C26H31N5O3. The molecule has 2 aromatic carbocycles. The lowest BCUT2D eigenvalue weighted by molar-refractivity contribution is -0.126. The number of rotatable bonds is 7. The first-order valence-corrected chi connectivity index (χ1v) is 12.0. The molecule has 2 saturated heterocycles. The molecule has 3 aromatic rings. The Morgan fingerprint density at radius 2 is 1.71 bits per heavy atom. The molecule has 2 aliphatic heterocycles. The van der Waals surface area contributed by atoms with E-state index in [1.165, 1.54) is 5.69 Å². The maximum absolute atomic E-state index is 12.7. The molecule has 5 rings (SSSR count). The van der Waals surface area contributed by atoms with Gasteiger partial charge in [0, 0.05) is 36.8 Å². The smallest absolute Gasteiger partial charge is 0.241 e. The van der Waals surface area contributed by atoms with Crippen LogP contribution in [0.4, 0.5) is 5.69 Å². The van der Waals surface area contributed by atoms with E-state index in [1.54, 1.807) is 0 Å². The normalized spacial score (nSPS) is 17.6. The van der Waals surface area contributed by atoms with Gasteiger partial charge in [-0.1, -0.05) is 47.6 Å². The number of ether oxygens (including phenoxy) is 1. The molecule has 2 fully saturated rings. The highest BCUT2D eigenvalue weighted by atomic mass is 16.5. The molecule has 0 saturated carbocycles. The van der Waals surface area contributed by atoms with Gasteiger partial charge in [-0.25, -0.2) is 0 Å². The lowest BCUT2D eigenvalue weighted by Crippen LogP contribution is -2.40. The molecule has 1 amide bonds. The second-order valence-corrected chi connectivity index (χ2v) is 8.91. The van der Waals surface area contributed by atoms with E-state index in [2.05, 4.69) is 49.5 Å². The van der Waals surface area contributed by atoms with Gasteiger partial charge >= 0.3 is 0 Å². The van der Waals surface area contributed by atoms with E-state index in [4.69, 9.17) is 9.26 Å². The summed E-state index contributed by atoms with van der Waals surface area (Å²) >= 11 is 0. The largest absolute Gasteiger partial charge is 0.378 e. The van der Waals surface area contributed by atoms with Crippen molar-refractivity contribution in [1.82, 2.24) is 20.4 Å². The molecule has 178 valence electrons. The van der Waals surface area contributed by atoms with Crippen molar-refractivity contribution in [2.45, 2.75) is 25.9 Å². The van der Waals surface area contributed by atoms with E-state index < -0.39 is 0 Å². The fourth-order valence-electron chi connectivity index (χ4n) is 4.55. The van der Waals surface area contributed by atoms with Crippen molar-refractivity contribution in [3.05, 3.63) is 66.1 Å². The summed E-state index contributed by atoms with van der Waals surface area (Å²) in [4.78, 5) is 21.8. The summed E-state index contributed by atoms with van der Waals surface area (Å²) in [5.41, 5.74) is 3.28. The number of carbonyl (C=O) groups is 1. The highest BCUT2D eigenvalue weighted by molar-refractivity contribution is 5.78. The van der Waals surface area contributed by atoms with E-state index in [-0.39, 0.29) is 11.8 Å². The number of nitrogens with one attached hydrogen (secondary N) is 1. The molecule has 1 aromatic heterocycles. The van der Waals surface area contributed by atoms with Crippen LogP contribution in [0.5, 0.6) is 0 Å². The van der Waals surface area contributed by atoms with Gasteiger partial charge in [0.05, 0.1) is 19.8 Å². The van der Waals surface area contributed by atoms with Crippen LogP contribution < -0.4 is 10.2 Å². The minimum Gasteiger partial charge on any atom is -0.378 e. The van der Waals surface area contributed by atoms with Gasteiger partial charge in [-0.15, -0.1) is 0 Å². The second-order valence-electron chi connectivity index (χ2n) is 8.91. The molecule has 0 spiro atoms. The van der Waals surface area contributed by atoms with Gasteiger partial charge in [0.15, 0.2) is 0 Å². The summed E-state index contributed by atoms with van der Waals surface area (Å²) in [5.74, 6) is 1.41. The molecule has 8 nitrogen and oxygen atoms in total. The number of aromatic nitrogens is 2. The number of hydrogen-bond acceptors (Lipinski definition) is 7. The van der Waals surface area contributed by atoms with Crippen LogP contribution in [-0.2, 0) is 22.6 Å². The number of likely N-dealkylation sites (tertiary alicyclic amines) is 1. The summed E-state index contributed by atoms with van der Waals surface area (Å²) in [6.45, 7) is 6.27. The van der Waals surface area contributed by atoms with Crippen molar-refractivity contribution < 1.29 is 14.1 Å². The number of nitrogens with zero attached hydrogens (tertiary/aromatic N) is 4. The topological polar surface area (TPSA) is 83.7 Å². The minimum atomic E-state index is 0.0476. The number of amides is 1. The van der Waals surface area contributed by atoms with Gasteiger partial charge in [0.2, 0.25) is 17.6 Å². The zero-order valence-electron chi connectivity index (χ0n) is 19.4. The number of benzene rings is 2. The van der Waals surface area contributed by atoms with E-state index >= 15 is 0 Å². The predicted octanol–water partition coefficient (Wildman–Crippen LogP) is 3.10. The Hall–Kier alpha value is -3.23. The van der Waals surface area contributed by atoms with Crippen LogP contribution in [-0.4, -0.2) is 60.3 Å². The molecule has 0 bridgehead atoms. The van der Waals surface area contributed by atoms with Crippen LogP contribution in [0.15, 0.2) is 59.1 Å². The van der Waals surface area contributed by atoms with Crippen LogP contribution in [0.1, 0.15) is 24.3 Å².